The molecular formula is C14H9BrF2N2OS. The number of nitrogens with two attached hydrogens (primary N) is 1. The normalized spacial score (nSPS) is 10.2. The molecule has 0 radical (unpaired) electrons. The number of thiocarbonyl (C=S) groups is 1. The summed E-state index contributed by atoms with van der Waals surface area (Å²) in [6.45, 7) is 0. The number of carbonyl (C=O) groups is 1. The molecule has 0 spiro atoms. The number of rotatable bonds is 3. The molecule has 1 amide bonds. The maximum atomic E-state index is 13.5. The van der Waals surface area contributed by atoms with Crippen LogP contribution in [0.3, 0.4) is 0 Å². The van der Waals surface area contributed by atoms with E-state index in [1.807, 2.05) is 0 Å². The first-order chi connectivity index (χ1) is 9.88. The van der Waals surface area contributed by atoms with E-state index in [2.05, 4.69) is 21.2 Å². The monoisotopic (exact) mass is 370 g/mol. The number of amides is 1. The molecule has 3 N–H and O–H groups in total. The molecule has 3 nitrogen and oxygen atoms in total. The first-order valence-electron chi connectivity index (χ1n) is 5.74. The molecule has 2 aromatic carbocycles. The second kappa shape index (κ2) is 6.28. The molecule has 0 atom stereocenters. The molecule has 7 heteroatoms. The van der Waals surface area contributed by atoms with E-state index in [1.165, 1.54) is 0 Å². The highest BCUT2D eigenvalue weighted by Gasteiger charge is 2.14. The van der Waals surface area contributed by atoms with Crippen molar-refractivity contribution in [1.82, 2.24) is 0 Å². The predicted molar refractivity (Wildman–Crippen MR) is 84.3 cm³/mol. The van der Waals surface area contributed by atoms with Crippen LogP contribution in [0.1, 0.15) is 15.9 Å². The standard InChI is InChI=1S/C14H9BrF2N2OS/c15-10-5-7(13(18)21)1-4-12(10)19-14(20)9-3-2-8(16)6-11(9)17/h1-6H,(H2,18,21)(H,19,20). The first kappa shape index (κ1) is 15.5. The average Bonchev–Trinajstić information content (AvgIpc) is 2.40. The van der Waals surface area contributed by atoms with Gasteiger partial charge in [0.05, 0.1) is 11.3 Å². The second-order valence-corrected chi connectivity index (χ2v) is 5.43. The van der Waals surface area contributed by atoms with Gasteiger partial charge in [-0.05, 0) is 46.3 Å². The molecule has 2 rings (SSSR count). The fourth-order valence-electron chi connectivity index (χ4n) is 1.63. The van der Waals surface area contributed by atoms with E-state index < -0.39 is 17.5 Å². The van der Waals surface area contributed by atoms with E-state index in [0.717, 1.165) is 12.1 Å². The van der Waals surface area contributed by atoms with E-state index in [1.54, 1.807) is 18.2 Å². The molecule has 108 valence electrons. The topological polar surface area (TPSA) is 55.1 Å². The number of hydrogen-bond acceptors (Lipinski definition) is 2. The molecule has 0 heterocycles. The highest BCUT2D eigenvalue weighted by Crippen LogP contribution is 2.24. The third-order valence-electron chi connectivity index (χ3n) is 2.68. The van der Waals surface area contributed by atoms with Gasteiger partial charge in [0, 0.05) is 16.1 Å². The molecule has 0 unspecified atom stereocenters. The molecular weight excluding hydrogens is 362 g/mol. The zero-order valence-corrected chi connectivity index (χ0v) is 12.9. The van der Waals surface area contributed by atoms with Crippen molar-refractivity contribution < 1.29 is 13.6 Å². The van der Waals surface area contributed by atoms with E-state index in [4.69, 9.17) is 18.0 Å². The highest BCUT2D eigenvalue weighted by atomic mass is 79.9. The van der Waals surface area contributed by atoms with Gasteiger partial charge in [0.25, 0.3) is 5.91 Å². The Labute approximate surface area is 133 Å². The fraction of sp³-hybridized carbons (Fsp3) is 0. The zero-order chi connectivity index (χ0) is 15.6. The lowest BCUT2D eigenvalue weighted by Gasteiger charge is -2.09. The summed E-state index contributed by atoms with van der Waals surface area (Å²) in [6, 6.07) is 7.60. The second-order valence-electron chi connectivity index (χ2n) is 4.14. The predicted octanol–water partition coefficient (Wildman–Crippen LogP) is 3.61. The van der Waals surface area contributed by atoms with Gasteiger partial charge in [-0.1, -0.05) is 12.2 Å². The largest absolute Gasteiger partial charge is 0.389 e. The van der Waals surface area contributed by atoms with Crippen LogP contribution in [-0.2, 0) is 0 Å². The smallest absolute Gasteiger partial charge is 0.258 e. The van der Waals surface area contributed by atoms with Gasteiger partial charge in [-0.3, -0.25) is 4.79 Å². The minimum atomic E-state index is -0.927. The van der Waals surface area contributed by atoms with Gasteiger partial charge >= 0.3 is 0 Å². The van der Waals surface area contributed by atoms with Gasteiger partial charge in [0.1, 0.15) is 16.6 Å². The summed E-state index contributed by atoms with van der Waals surface area (Å²) >= 11 is 8.11. The number of hydrogen-bond donors (Lipinski definition) is 2. The lowest BCUT2D eigenvalue weighted by molar-refractivity contribution is 0.102. The molecule has 0 aliphatic rings. The summed E-state index contributed by atoms with van der Waals surface area (Å²) in [5.74, 6) is -2.36. The van der Waals surface area contributed by atoms with Crippen LogP contribution in [0.2, 0.25) is 0 Å². The van der Waals surface area contributed by atoms with Crippen molar-refractivity contribution in [3.05, 3.63) is 63.6 Å². The zero-order valence-electron chi connectivity index (χ0n) is 10.5. The van der Waals surface area contributed by atoms with Crippen LogP contribution < -0.4 is 11.1 Å². The van der Waals surface area contributed by atoms with Crippen molar-refractivity contribution in [3.63, 3.8) is 0 Å². The summed E-state index contributed by atoms with van der Waals surface area (Å²) in [4.78, 5) is 12.2. The van der Waals surface area contributed by atoms with E-state index >= 15 is 0 Å². The third kappa shape index (κ3) is 3.62. The van der Waals surface area contributed by atoms with Gasteiger partial charge in [0.2, 0.25) is 0 Å². The minimum Gasteiger partial charge on any atom is -0.389 e. The molecule has 0 bridgehead atoms. The molecule has 2 aromatic rings. The summed E-state index contributed by atoms with van der Waals surface area (Å²) in [6.07, 6.45) is 0. The molecule has 0 fully saturated rings. The Bertz CT molecular complexity index is 737. The van der Waals surface area contributed by atoms with Crippen molar-refractivity contribution in [2.75, 3.05) is 5.32 Å². The average molecular weight is 371 g/mol. The Balaban J connectivity index is 2.25. The van der Waals surface area contributed by atoms with Gasteiger partial charge in [-0.2, -0.15) is 0 Å². The van der Waals surface area contributed by atoms with Crippen LogP contribution in [0, 0.1) is 11.6 Å². The number of carbonyl (C=O) groups excluding carboxylic acids is 1. The SMILES string of the molecule is NC(=S)c1ccc(NC(=O)c2ccc(F)cc2F)c(Br)c1. The van der Waals surface area contributed by atoms with Crippen molar-refractivity contribution in [2.45, 2.75) is 0 Å². The third-order valence-corrected chi connectivity index (χ3v) is 3.57. The Hall–Kier alpha value is -1.86. The molecule has 0 aromatic heterocycles. The van der Waals surface area contributed by atoms with Crippen LogP contribution in [0.5, 0.6) is 0 Å². The van der Waals surface area contributed by atoms with E-state index in [-0.39, 0.29) is 10.6 Å². The van der Waals surface area contributed by atoms with E-state index in [9.17, 15) is 13.6 Å². The molecule has 0 aliphatic heterocycles. The Morgan fingerprint density at radius 1 is 1.19 bits per heavy atom. The maximum absolute atomic E-state index is 13.5. The molecule has 0 saturated heterocycles. The fourth-order valence-corrected chi connectivity index (χ4v) is 2.24. The van der Waals surface area contributed by atoms with Crippen LogP contribution in [0.4, 0.5) is 14.5 Å². The lowest BCUT2D eigenvalue weighted by Crippen LogP contribution is -2.15. The van der Waals surface area contributed by atoms with Crippen molar-refractivity contribution in [3.8, 4) is 0 Å². The number of nitrogens with one attached hydrogen (secondary N) is 1. The van der Waals surface area contributed by atoms with Crippen molar-refractivity contribution >= 4 is 44.7 Å². The molecule has 0 aliphatic carbocycles. The van der Waals surface area contributed by atoms with Crippen LogP contribution in [-0.4, -0.2) is 10.9 Å². The van der Waals surface area contributed by atoms with Crippen molar-refractivity contribution in [2.24, 2.45) is 5.73 Å². The minimum absolute atomic E-state index is 0.221. The van der Waals surface area contributed by atoms with Crippen LogP contribution in [0.25, 0.3) is 0 Å². The summed E-state index contributed by atoms with van der Waals surface area (Å²) in [5, 5.41) is 2.52. The van der Waals surface area contributed by atoms with Gasteiger partial charge in [0.15, 0.2) is 0 Å². The maximum Gasteiger partial charge on any atom is 0.258 e. The number of anilines is 1. The number of benzene rings is 2. The highest BCUT2D eigenvalue weighted by molar-refractivity contribution is 9.10. The quantitative estimate of drug-likeness (QED) is 0.811. The van der Waals surface area contributed by atoms with Crippen molar-refractivity contribution in [1.29, 1.82) is 0 Å². The Morgan fingerprint density at radius 2 is 1.90 bits per heavy atom. The Kier molecular flexibility index (Phi) is 4.64. The van der Waals surface area contributed by atoms with Crippen LogP contribution >= 0.6 is 28.1 Å². The lowest BCUT2D eigenvalue weighted by atomic mass is 10.1. The van der Waals surface area contributed by atoms with Crippen LogP contribution in [0.15, 0.2) is 40.9 Å². The molecule has 0 saturated carbocycles. The van der Waals surface area contributed by atoms with E-state index in [0.29, 0.717) is 21.8 Å². The van der Waals surface area contributed by atoms with Gasteiger partial charge in [-0.15, -0.1) is 0 Å². The van der Waals surface area contributed by atoms with Gasteiger partial charge < -0.3 is 11.1 Å². The summed E-state index contributed by atoms with van der Waals surface area (Å²) < 4.78 is 26.9. The summed E-state index contributed by atoms with van der Waals surface area (Å²) in [5.41, 5.74) is 6.30. The van der Waals surface area contributed by atoms with Gasteiger partial charge in [-0.25, -0.2) is 8.78 Å². The first-order valence-corrected chi connectivity index (χ1v) is 6.94. The number of halogens is 3. The Morgan fingerprint density at radius 3 is 2.48 bits per heavy atom. The summed E-state index contributed by atoms with van der Waals surface area (Å²) in [7, 11) is 0. The molecule has 21 heavy (non-hydrogen) atoms.